The Hall–Kier alpha value is -2.83. The van der Waals surface area contributed by atoms with E-state index in [2.05, 4.69) is 29.8 Å². The molecule has 0 fully saturated rings. The van der Waals surface area contributed by atoms with E-state index in [1.165, 1.54) is 0 Å². The first kappa shape index (κ1) is 22.5. The van der Waals surface area contributed by atoms with Crippen molar-refractivity contribution in [3.8, 4) is 0 Å². The third-order valence-corrected chi connectivity index (χ3v) is 4.20. The Labute approximate surface area is 172 Å². The van der Waals surface area contributed by atoms with Crippen LogP contribution in [0, 0.1) is 5.41 Å². The summed E-state index contributed by atoms with van der Waals surface area (Å²) in [5, 5.41) is 8.63. The van der Waals surface area contributed by atoms with E-state index < -0.39 is 11.7 Å². The third kappa shape index (κ3) is 7.60. The number of carbonyl (C=O) groups is 3. The molecule has 0 heterocycles. The largest absolute Gasteiger partial charge is 0.444 e. The molecule has 0 atom stereocenters. The zero-order valence-electron chi connectivity index (χ0n) is 17.8. The standard InChI is InChI=1S/C22H31N3O4/c1-21(2,3)29-20(28)24-11-10-23-19(27)17-8-6-7-9-18(17)25-15-12-16(26)14-22(4,5)13-15/h6-9,12,25H,10-11,13-14H2,1-5H3,(H,23,27)(H,24,28). The summed E-state index contributed by atoms with van der Waals surface area (Å²) in [6, 6.07) is 7.14. The summed E-state index contributed by atoms with van der Waals surface area (Å²) in [6.45, 7) is 9.98. The van der Waals surface area contributed by atoms with Gasteiger partial charge in [-0.25, -0.2) is 4.79 Å². The lowest BCUT2D eigenvalue weighted by atomic mass is 9.79. The monoisotopic (exact) mass is 401 g/mol. The fourth-order valence-electron chi connectivity index (χ4n) is 3.14. The maximum absolute atomic E-state index is 12.6. The van der Waals surface area contributed by atoms with Crippen molar-refractivity contribution in [2.45, 2.75) is 53.1 Å². The van der Waals surface area contributed by atoms with Gasteiger partial charge in [0.25, 0.3) is 5.91 Å². The molecule has 7 heteroatoms. The third-order valence-electron chi connectivity index (χ3n) is 4.20. The van der Waals surface area contributed by atoms with Crippen molar-refractivity contribution >= 4 is 23.5 Å². The molecule has 2 amide bonds. The van der Waals surface area contributed by atoms with Gasteiger partial charge in [0.05, 0.1) is 11.3 Å². The van der Waals surface area contributed by atoms with Crippen LogP contribution >= 0.6 is 0 Å². The lowest BCUT2D eigenvalue weighted by molar-refractivity contribution is -0.117. The van der Waals surface area contributed by atoms with Gasteiger partial charge >= 0.3 is 6.09 Å². The number of allylic oxidation sites excluding steroid dienone is 2. The highest BCUT2D eigenvalue weighted by Gasteiger charge is 2.28. The van der Waals surface area contributed by atoms with E-state index >= 15 is 0 Å². The summed E-state index contributed by atoms with van der Waals surface area (Å²) in [4.78, 5) is 36.2. The molecule has 3 N–H and O–H groups in total. The van der Waals surface area contributed by atoms with Crippen LogP contribution in [0.5, 0.6) is 0 Å². The first-order valence-electron chi connectivity index (χ1n) is 9.80. The van der Waals surface area contributed by atoms with Crippen LogP contribution < -0.4 is 16.0 Å². The van der Waals surface area contributed by atoms with Crippen LogP contribution in [0.3, 0.4) is 0 Å². The molecule has 0 saturated carbocycles. The lowest BCUT2D eigenvalue weighted by Crippen LogP contribution is -2.38. The molecule has 1 aliphatic rings. The Balaban J connectivity index is 1.93. The van der Waals surface area contributed by atoms with Gasteiger partial charge in [0.15, 0.2) is 5.78 Å². The molecule has 1 aromatic rings. The van der Waals surface area contributed by atoms with Gasteiger partial charge in [-0.05, 0) is 44.7 Å². The van der Waals surface area contributed by atoms with Gasteiger partial charge < -0.3 is 20.7 Å². The maximum Gasteiger partial charge on any atom is 0.407 e. The van der Waals surface area contributed by atoms with E-state index in [0.29, 0.717) is 17.7 Å². The number of hydrogen-bond acceptors (Lipinski definition) is 5. The highest BCUT2D eigenvalue weighted by atomic mass is 16.6. The molecule has 0 aliphatic heterocycles. The van der Waals surface area contributed by atoms with Crippen molar-refractivity contribution in [2.24, 2.45) is 5.41 Å². The fourth-order valence-corrected chi connectivity index (χ4v) is 3.14. The smallest absolute Gasteiger partial charge is 0.407 e. The van der Waals surface area contributed by atoms with Gasteiger partial charge in [0, 0.05) is 31.3 Å². The minimum Gasteiger partial charge on any atom is -0.444 e. The van der Waals surface area contributed by atoms with Crippen molar-refractivity contribution in [1.82, 2.24) is 10.6 Å². The second kappa shape index (κ2) is 9.11. The summed E-state index contributed by atoms with van der Waals surface area (Å²) in [7, 11) is 0. The number of ketones is 1. The van der Waals surface area contributed by atoms with Crippen molar-refractivity contribution in [1.29, 1.82) is 0 Å². The molecule has 0 bridgehead atoms. The number of carbonyl (C=O) groups excluding carboxylic acids is 3. The molecule has 0 spiro atoms. The molecule has 0 unspecified atom stereocenters. The second-order valence-corrected chi connectivity index (χ2v) is 9.01. The SMILES string of the molecule is CC1(C)CC(=O)C=C(Nc2ccccc2C(=O)NCCNC(=O)OC(C)(C)C)C1. The molecular weight excluding hydrogens is 370 g/mol. The van der Waals surface area contributed by atoms with Crippen LogP contribution in [-0.4, -0.2) is 36.5 Å². The van der Waals surface area contributed by atoms with Crippen molar-refractivity contribution in [3.05, 3.63) is 41.6 Å². The molecule has 0 aromatic heterocycles. The minimum atomic E-state index is -0.568. The van der Waals surface area contributed by atoms with Crippen molar-refractivity contribution in [2.75, 3.05) is 18.4 Å². The average molecular weight is 402 g/mol. The molecule has 2 rings (SSSR count). The van der Waals surface area contributed by atoms with Crippen molar-refractivity contribution in [3.63, 3.8) is 0 Å². The summed E-state index contributed by atoms with van der Waals surface area (Å²) in [5.41, 5.74) is 1.24. The van der Waals surface area contributed by atoms with Gasteiger partial charge in [0.2, 0.25) is 0 Å². The number of rotatable bonds is 6. The minimum absolute atomic E-state index is 0.0823. The van der Waals surface area contributed by atoms with Gasteiger partial charge in [-0.15, -0.1) is 0 Å². The van der Waals surface area contributed by atoms with Crippen LogP contribution in [0.2, 0.25) is 0 Å². The van der Waals surface area contributed by atoms with Gasteiger partial charge in [-0.1, -0.05) is 26.0 Å². The molecule has 1 aromatic carbocycles. The van der Waals surface area contributed by atoms with Gasteiger partial charge in [-0.2, -0.15) is 0 Å². The summed E-state index contributed by atoms with van der Waals surface area (Å²) in [6.07, 6.45) is 2.34. The summed E-state index contributed by atoms with van der Waals surface area (Å²) >= 11 is 0. The molecule has 29 heavy (non-hydrogen) atoms. The number of para-hydroxylation sites is 1. The van der Waals surface area contributed by atoms with E-state index in [1.807, 2.05) is 6.07 Å². The number of benzene rings is 1. The molecular formula is C22H31N3O4. The van der Waals surface area contributed by atoms with Crippen LogP contribution in [0.4, 0.5) is 10.5 Å². The van der Waals surface area contributed by atoms with Gasteiger partial charge in [0.1, 0.15) is 5.60 Å². The number of anilines is 1. The number of hydrogen-bond donors (Lipinski definition) is 3. The lowest BCUT2D eigenvalue weighted by Gasteiger charge is -2.29. The Bertz CT molecular complexity index is 807. The van der Waals surface area contributed by atoms with E-state index in [1.54, 1.807) is 45.0 Å². The first-order chi connectivity index (χ1) is 13.5. The normalized spacial score (nSPS) is 15.9. The van der Waals surface area contributed by atoms with Crippen LogP contribution in [0.25, 0.3) is 0 Å². The molecule has 0 radical (unpaired) electrons. The number of alkyl carbamates (subject to hydrolysis) is 1. The number of ether oxygens (including phenoxy) is 1. The van der Waals surface area contributed by atoms with E-state index in [-0.39, 0.29) is 30.2 Å². The molecule has 7 nitrogen and oxygen atoms in total. The van der Waals surface area contributed by atoms with Crippen LogP contribution in [-0.2, 0) is 9.53 Å². The Morgan fingerprint density at radius 2 is 1.72 bits per heavy atom. The second-order valence-electron chi connectivity index (χ2n) is 9.01. The predicted octanol–water partition coefficient (Wildman–Crippen LogP) is 3.63. The van der Waals surface area contributed by atoms with Crippen LogP contribution in [0.1, 0.15) is 57.8 Å². The molecule has 1 aliphatic carbocycles. The topological polar surface area (TPSA) is 96.5 Å². The quantitative estimate of drug-likeness (QED) is 0.633. The number of nitrogens with one attached hydrogen (secondary N) is 3. The fraction of sp³-hybridized carbons (Fsp3) is 0.500. The summed E-state index contributed by atoms with van der Waals surface area (Å²) < 4.78 is 5.15. The molecule has 0 saturated heterocycles. The average Bonchev–Trinajstić information content (AvgIpc) is 2.55. The van der Waals surface area contributed by atoms with Gasteiger partial charge in [-0.3, -0.25) is 9.59 Å². The predicted molar refractivity (Wildman–Crippen MR) is 113 cm³/mol. The first-order valence-corrected chi connectivity index (χ1v) is 9.80. The Kier molecular flexibility index (Phi) is 7.06. The molecule has 158 valence electrons. The van der Waals surface area contributed by atoms with Crippen molar-refractivity contribution < 1.29 is 19.1 Å². The highest BCUT2D eigenvalue weighted by Crippen LogP contribution is 2.34. The zero-order valence-corrected chi connectivity index (χ0v) is 17.8. The number of amides is 2. The summed E-state index contributed by atoms with van der Waals surface area (Å²) in [5.74, 6) is -0.181. The highest BCUT2D eigenvalue weighted by molar-refractivity contribution is 6.00. The van der Waals surface area contributed by atoms with E-state index in [9.17, 15) is 14.4 Å². The Morgan fingerprint density at radius 1 is 1.07 bits per heavy atom. The zero-order chi connectivity index (χ0) is 21.7. The maximum atomic E-state index is 12.6. The Morgan fingerprint density at radius 3 is 2.38 bits per heavy atom. The van der Waals surface area contributed by atoms with Crippen LogP contribution in [0.15, 0.2) is 36.0 Å². The van der Waals surface area contributed by atoms with E-state index in [4.69, 9.17) is 4.74 Å². The van der Waals surface area contributed by atoms with E-state index in [0.717, 1.165) is 12.1 Å².